The third-order valence-corrected chi connectivity index (χ3v) is 3.18. The molecule has 104 valence electrons. The number of benzene rings is 2. The van der Waals surface area contributed by atoms with Gasteiger partial charge in [-0.05, 0) is 48.4 Å². The van der Waals surface area contributed by atoms with E-state index >= 15 is 0 Å². The summed E-state index contributed by atoms with van der Waals surface area (Å²) >= 11 is 0. The average molecular weight is 271 g/mol. The molecule has 4 nitrogen and oxygen atoms in total. The van der Waals surface area contributed by atoms with E-state index in [9.17, 15) is 9.90 Å². The number of carbonyl (C=O) groups is 1. The summed E-state index contributed by atoms with van der Waals surface area (Å²) in [6, 6.07) is 13.9. The summed E-state index contributed by atoms with van der Waals surface area (Å²) in [5.74, 6) is -0.684. The molecule has 0 bridgehead atoms. The Morgan fingerprint density at radius 2 is 1.70 bits per heavy atom. The third kappa shape index (κ3) is 3.29. The lowest BCUT2D eigenvalue weighted by molar-refractivity contribution is 0.0697. The van der Waals surface area contributed by atoms with E-state index in [1.54, 1.807) is 36.4 Å². The first kappa shape index (κ1) is 13.9. The first-order valence-electron chi connectivity index (χ1n) is 6.49. The Morgan fingerprint density at radius 1 is 1.10 bits per heavy atom. The average Bonchev–Trinajstić information content (AvgIpc) is 2.46. The van der Waals surface area contributed by atoms with Crippen molar-refractivity contribution in [2.45, 2.75) is 19.4 Å². The van der Waals surface area contributed by atoms with Crippen LogP contribution in [0.5, 0.6) is 5.75 Å². The molecule has 0 saturated carbocycles. The Hall–Kier alpha value is -2.49. The molecule has 0 aliphatic heterocycles. The Morgan fingerprint density at radius 3 is 2.20 bits per heavy atom. The molecule has 2 aromatic carbocycles. The van der Waals surface area contributed by atoms with E-state index in [1.165, 1.54) is 0 Å². The summed E-state index contributed by atoms with van der Waals surface area (Å²) in [7, 11) is 0. The van der Waals surface area contributed by atoms with Gasteiger partial charge in [0.2, 0.25) is 0 Å². The second-order valence-corrected chi connectivity index (χ2v) is 4.58. The van der Waals surface area contributed by atoms with Crippen LogP contribution in [0.4, 0.5) is 5.69 Å². The molecule has 0 spiro atoms. The molecule has 1 atom stereocenters. The van der Waals surface area contributed by atoms with Crippen molar-refractivity contribution < 1.29 is 15.0 Å². The van der Waals surface area contributed by atoms with Crippen LogP contribution in [0.3, 0.4) is 0 Å². The molecular weight excluding hydrogens is 254 g/mol. The molecule has 2 aromatic rings. The minimum absolute atomic E-state index is 0.117. The lowest BCUT2D eigenvalue weighted by Crippen LogP contribution is -2.09. The predicted molar refractivity (Wildman–Crippen MR) is 78.2 cm³/mol. The van der Waals surface area contributed by atoms with Crippen molar-refractivity contribution >= 4 is 11.7 Å². The maximum absolute atomic E-state index is 10.8. The molecule has 0 aliphatic carbocycles. The van der Waals surface area contributed by atoms with Crippen LogP contribution >= 0.6 is 0 Å². The summed E-state index contributed by atoms with van der Waals surface area (Å²) < 4.78 is 0. The van der Waals surface area contributed by atoms with Gasteiger partial charge in [0.1, 0.15) is 5.75 Å². The SMILES string of the molecule is CCC(Nc1ccc(C(=O)O)cc1)c1ccc(O)cc1. The number of aromatic hydroxyl groups is 1. The van der Waals surface area contributed by atoms with Gasteiger partial charge >= 0.3 is 5.97 Å². The number of carboxylic acids is 1. The monoisotopic (exact) mass is 271 g/mol. The lowest BCUT2D eigenvalue weighted by atomic mass is 10.0. The second-order valence-electron chi connectivity index (χ2n) is 4.58. The normalized spacial score (nSPS) is 11.8. The van der Waals surface area contributed by atoms with Crippen LogP contribution < -0.4 is 5.32 Å². The third-order valence-electron chi connectivity index (χ3n) is 3.18. The van der Waals surface area contributed by atoms with Crippen LogP contribution in [0.25, 0.3) is 0 Å². The summed E-state index contributed by atoms with van der Waals surface area (Å²) in [6.45, 7) is 2.07. The molecular formula is C16H17NO3. The largest absolute Gasteiger partial charge is 0.508 e. The van der Waals surface area contributed by atoms with E-state index in [1.807, 2.05) is 12.1 Å². The number of phenolic OH excluding ortho intramolecular Hbond substituents is 1. The highest BCUT2D eigenvalue weighted by Gasteiger charge is 2.09. The smallest absolute Gasteiger partial charge is 0.335 e. The van der Waals surface area contributed by atoms with Crippen LogP contribution in [-0.4, -0.2) is 16.2 Å². The minimum Gasteiger partial charge on any atom is -0.508 e. The van der Waals surface area contributed by atoms with Gasteiger partial charge in [0.25, 0.3) is 0 Å². The standard InChI is InChI=1S/C16H17NO3/c1-2-15(11-5-9-14(18)10-6-11)17-13-7-3-12(4-8-13)16(19)20/h3-10,15,17-18H,2H2,1H3,(H,19,20). The number of carboxylic acid groups (broad SMARTS) is 1. The Balaban J connectivity index is 2.13. The number of rotatable bonds is 5. The molecule has 0 fully saturated rings. The van der Waals surface area contributed by atoms with Crippen LogP contribution in [0, 0.1) is 0 Å². The van der Waals surface area contributed by atoms with Crippen molar-refractivity contribution in [2.24, 2.45) is 0 Å². The van der Waals surface area contributed by atoms with Gasteiger partial charge in [-0.15, -0.1) is 0 Å². The molecule has 0 aliphatic rings. The molecule has 20 heavy (non-hydrogen) atoms. The van der Waals surface area contributed by atoms with Crippen molar-refractivity contribution in [3.8, 4) is 5.75 Å². The van der Waals surface area contributed by atoms with Crippen molar-refractivity contribution in [3.63, 3.8) is 0 Å². The van der Waals surface area contributed by atoms with Crippen LogP contribution in [-0.2, 0) is 0 Å². The number of nitrogens with one attached hydrogen (secondary N) is 1. The first-order valence-corrected chi connectivity index (χ1v) is 6.49. The molecule has 0 amide bonds. The molecule has 2 rings (SSSR count). The van der Waals surface area contributed by atoms with Crippen molar-refractivity contribution in [1.82, 2.24) is 0 Å². The zero-order valence-corrected chi connectivity index (χ0v) is 11.2. The van der Waals surface area contributed by atoms with Gasteiger partial charge < -0.3 is 15.5 Å². The van der Waals surface area contributed by atoms with Crippen molar-refractivity contribution in [2.75, 3.05) is 5.32 Å². The number of hydrogen-bond acceptors (Lipinski definition) is 3. The maximum atomic E-state index is 10.8. The van der Waals surface area contributed by atoms with Gasteiger partial charge in [0.15, 0.2) is 0 Å². The van der Waals surface area contributed by atoms with E-state index in [0.29, 0.717) is 0 Å². The van der Waals surface area contributed by atoms with Gasteiger partial charge in [-0.3, -0.25) is 0 Å². The van der Waals surface area contributed by atoms with E-state index < -0.39 is 5.97 Å². The number of phenols is 1. The van der Waals surface area contributed by atoms with Crippen molar-refractivity contribution in [1.29, 1.82) is 0 Å². The lowest BCUT2D eigenvalue weighted by Gasteiger charge is -2.19. The number of hydrogen-bond donors (Lipinski definition) is 3. The second kappa shape index (κ2) is 6.10. The topological polar surface area (TPSA) is 69.6 Å². The predicted octanol–water partition coefficient (Wildman–Crippen LogP) is 3.65. The zero-order valence-electron chi connectivity index (χ0n) is 11.2. The highest BCUT2D eigenvalue weighted by Crippen LogP contribution is 2.24. The maximum Gasteiger partial charge on any atom is 0.335 e. The number of aromatic carboxylic acids is 1. The molecule has 3 N–H and O–H groups in total. The number of anilines is 1. The first-order chi connectivity index (χ1) is 9.60. The fourth-order valence-corrected chi connectivity index (χ4v) is 2.04. The molecule has 4 heteroatoms. The highest BCUT2D eigenvalue weighted by atomic mass is 16.4. The van der Waals surface area contributed by atoms with Crippen LogP contribution in [0.15, 0.2) is 48.5 Å². The van der Waals surface area contributed by atoms with Gasteiger partial charge in [0.05, 0.1) is 11.6 Å². The van der Waals surface area contributed by atoms with Gasteiger partial charge in [-0.1, -0.05) is 19.1 Å². The van der Waals surface area contributed by atoms with Gasteiger partial charge in [0, 0.05) is 5.69 Å². The molecule has 0 radical (unpaired) electrons. The van der Waals surface area contributed by atoms with E-state index in [0.717, 1.165) is 17.7 Å². The van der Waals surface area contributed by atoms with Crippen molar-refractivity contribution in [3.05, 3.63) is 59.7 Å². The summed E-state index contributed by atoms with van der Waals surface area (Å²) in [5, 5.41) is 21.5. The molecule has 1 unspecified atom stereocenters. The zero-order chi connectivity index (χ0) is 14.5. The Kier molecular flexibility index (Phi) is 4.25. The summed E-state index contributed by atoms with van der Waals surface area (Å²) in [6.07, 6.45) is 0.880. The van der Waals surface area contributed by atoms with Gasteiger partial charge in [-0.2, -0.15) is 0 Å². The Bertz CT molecular complexity index is 576. The minimum atomic E-state index is -0.929. The molecule has 0 saturated heterocycles. The fraction of sp³-hybridized carbons (Fsp3) is 0.188. The van der Waals surface area contributed by atoms with E-state index in [4.69, 9.17) is 5.11 Å². The Labute approximate surface area is 117 Å². The van der Waals surface area contributed by atoms with E-state index in [-0.39, 0.29) is 17.4 Å². The summed E-state index contributed by atoms with van der Waals surface area (Å²) in [4.78, 5) is 10.8. The van der Waals surface area contributed by atoms with Crippen LogP contribution in [0.1, 0.15) is 35.3 Å². The molecule has 0 heterocycles. The highest BCUT2D eigenvalue weighted by molar-refractivity contribution is 5.88. The fourth-order valence-electron chi connectivity index (χ4n) is 2.04. The van der Waals surface area contributed by atoms with Crippen LogP contribution in [0.2, 0.25) is 0 Å². The molecule has 0 aromatic heterocycles. The van der Waals surface area contributed by atoms with E-state index in [2.05, 4.69) is 12.2 Å². The quantitative estimate of drug-likeness (QED) is 0.776. The van der Waals surface area contributed by atoms with Gasteiger partial charge in [-0.25, -0.2) is 4.79 Å². The summed E-state index contributed by atoms with van der Waals surface area (Å²) in [5.41, 5.74) is 2.22.